The van der Waals surface area contributed by atoms with Gasteiger partial charge in [0.15, 0.2) is 5.96 Å². The van der Waals surface area contributed by atoms with E-state index in [-0.39, 0.29) is 5.75 Å². The van der Waals surface area contributed by atoms with Crippen LogP contribution in [0, 0.1) is 0 Å². The first kappa shape index (κ1) is 20.9. The number of guanidine groups is 1. The molecule has 0 amide bonds. The molecule has 3 rings (SSSR count). The van der Waals surface area contributed by atoms with Crippen LogP contribution in [0.25, 0.3) is 0 Å². The maximum atomic E-state index is 10.1. The minimum absolute atomic E-state index is 0.259. The van der Waals surface area contributed by atoms with Gasteiger partial charge in [-0.15, -0.1) is 0 Å². The summed E-state index contributed by atoms with van der Waals surface area (Å²) in [7, 11) is 3.38. The van der Waals surface area contributed by atoms with Gasteiger partial charge >= 0.3 is 0 Å². The predicted octanol–water partition coefficient (Wildman–Crippen LogP) is 2.17. The predicted molar refractivity (Wildman–Crippen MR) is 115 cm³/mol. The van der Waals surface area contributed by atoms with Gasteiger partial charge in [0.05, 0.1) is 12.8 Å². The molecule has 3 N–H and O–H groups in total. The van der Waals surface area contributed by atoms with E-state index in [2.05, 4.69) is 31.6 Å². The van der Waals surface area contributed by atoms with Gasteiger partial charge < -0.3 is 20.5 Å². The van der Waals surface area contributed by atoms with E-state index >= 15 is 0 Å². The maximum absolute atomic E-state index is 10.1. The van der Waals surface area contributed by atoms with Crippen LogP contribution < -0.4 is 15.4 Å². The SMILES string of the molecule is CN=C(NCCc1ccc(OC)cc1O)NC1CCN(Cc2ccccn2)CC1. The Morgan fingerprint density at radius 3 is 2.76 bits per heavy atom. The summed E-state index contributed by atoms with van der Waals surface area (Å²) in [5.41, 5.74) is 2.01. The average molecular weight is 398 g/mol. The highest BCUT2D eigenvalue weighted by Gasteiger charge is 2.20. The summed E-state index contributed by atoms with van der Waals surface area (Å²) in [5.74, 6) is 1.72. The highest BCUT2D eigenvalue weighted by Crippen LogP contribution is 2.23. The maximum Gasteiger partial charge on any atom is 0.191 e. The van der Waals surface area contributed by atoms with Crippen LogP contribution >= 0.6 is 0 Å². The molecule has 2 heterocycles. The summed E-state index contributed by atoms with van der Waals surface area (Å²) in [6, 6.07) is 11.9. The van der Waals surface area contributed by atoms with Crippen LogP contribution in [0.4, 0.5) is 0 Å². The number of hydrogen-bond acceptors (Lipinski definition) is 5. The largest absolute Gasteiger partial charge is 0.508 e. The van der Waals surface area contributed by atoms with E-state index in [4.69, 9.17) is 4.74 Å². The summed E-state index contributed by atoms with van der Waals surface area (Å²) < 4.78 is 5.12. The minimum atomic E-state index is 0.259. The van der Waals surface area contributed by atoms with Gasteiger partial charge in [-0.1, -0.05) is 12.1 Å². The van der Waals surface area contributed by atoms with Crippen molar-refractivity contribution in [3.8, 4) is 11.5 Å². The van der Waals surface area contributed by atoms with Crippen molar-refractivity contribution >= 4 is 5.96 Å². The minimum Gasteiger partial charge on any atom is -0.508 e. The summed E-state index contributed by atoms with van der Waals surface area (Å²) in [4.78, 5) is 11.2. The lowest BCUT2D eigenvalue weighted by Crippen LogP contribution is -2.48. The highest BCUT2D eigenvalue weighted by molar-refractivity contribution is 5.80. The number of nitrogens with one attached hydrogen (secondary N) is 2. The molecule has 0 spiro atoms. The molecule has 0 saturated carbocycles. The Morgan fingerprint density at radius 1 is 1.28 bits per heavy atom. The van der Waals surface area contributed by atoms with Gasteiger partial charge in [0, 0.05) is 51.5 Å². The van der Waals surface area contributed by atoms with Crippen LogP contribution in [0.1, 0.15) is 24.1 Å². The first-order valence-electron chi connectivity index (χ1n) is 10.1. The highest BCUT2D eigenvalue weighted by atomic mass is 16.5. The van der Waals surface area contributed by atoms with Gasteiger partial charge in [0.2, 0.25) is 0 Å². The number of phenols is 1. The van der Waals surface area contributed by atoms with Gasteiger partial charge in [-0.2, -0.15) is 0 Å². The number of aromatic hydroxyl groups is 1. The zero-order valence-electron chi connectivity index (χ0n) is 17.3. The number of rotatable bonds is 7. The van der Waals surface area contributed by atoms with Gasteiger partial charge in [0.25, 0.3) is 0 Å². The zero-order chi connectivity index (χ0) is 20.5. The average Bonchev–Trinajstić information content (AvgIpc) is 2.76. The molecule has 0 aliphatic carbocycles. The number of likely N-dealkylation sites (tertiary alicyclic amines) is 1. The standard InChI is InChI=1S/C22H31N5O2/c1-23-22(25-12-8-17-6-7-20(29-2)15-21(17)28)26-18-9-13-27(14-10-18)16-19-5-3-4-11-24-19/h3-7,11,15,18,28H,8-10,12-14,16H2,1-2H3,(H2,23,25,26). The number of benzene rings is 1. The molecule has 0 atom stereocenters. The van der Waals surface area contributed by atoms with Crippen molar-refractivity contribution < 1.29 is 9.84 Å². The number of methoxy groups -OCH3 is 1. The smallest absolute Gasteiger partial charge is 0.191 e. The molecular formula is C22H31N5O2. The third kappa shape index (κ3) is 6.35. The molecule has 1 aliphatic rings. The molecule has 1 aromatic carbocycles. The Hall–Kier alpha value is -2.80. The van der Waals surface area contributed by atoms with Crippen molar-refractivity contribution in [2.24, 2.45) is 4.99 Å². The van der Waals surface area contributed by atoms with E-state index in [0.29, 0.717) is 24.8 Å². The van der Waals surface area contributed by atoms with Crippen molar-refractivity contribution in [2.75, 3.05) is 33.8 Å². The fourth-order valence-electron chi connectivity index (χ4n) is 3.54. The van der Waals surface area contributed by atoms with Crippen LogP contribution in [-0.2, 0) is 13.0 Å². The Labute approximate surface area is 172 Å². The number of piperidine rings is 1. The van der Waals surface area contributed by atoms with Crippen molar-refractivity contribution in [1.82, 2.24) is 20.5 Å². The summed E-state index contributed by atoms with van der Waals surface area (Å²) in [5, 5.41) is 16.9. The Morgan fingerprint density at radius 2 is 2.10 bits per heavy atom. The van der Waals surface area contributed by atoms with E-state index in [1.807, 2.05) is 30.5 Å². The van der Waals surface area contributed by atoms with Gasteiger partial charge in [-0.3, -0.25) is 14.9 Å². The fourth-order valence-corrected chi connectivity index (χ4v) is 3.54. The molecule has 1 aliphatic heterocycles. The third-order valence-corrected chi connectivity index (χ3v) is 5.24. The second-order valence-corrected chi connectivity index (χ2v) is 7.26. The van der Waals surface area contributed by atoms with Crippen molar-refractivity contribution in [1.29, 1.82) is 0 Å². The molecule has 0 unspecified atom stereocenters. The molecule has 1 fully saturated rings. The Balaban J connectivity index is 1.39. The van der Waals surface area contributed by atoms with Gasteiger partial charge in [-0.05, 0) is 43.0 Å². The zero-order valence-corrected chi connectivity index (χ0v) is 17.3. The molecule has 0 radical (unpaired) electrons. The van der Waals surface area contributed by atoms with Crippen LogP contribution in [0.15, 0.2) is 47.6 Å². The van der Waals surface area contributed by atoms with Crippen LogP contribution in [0.2, 0.25) is 0 Å². The van der Waals surface area contributed by atoms with Crippen LogP contribution in [0.3, 0.4) is 0 Å². The number of ether oxygens (including phenoxy) is 1. The first-order valence-corrected chi connectivity index (χ1v) is 10.1. The van der Waals surface area contributed by atoms with E-state index in [0.717, 1.165) is 49.7 Å². The Bertz CT molecular complexity index is 789. The van der Waals surface area contributed by atoms with Crippen molar-refractivity contribution in [3.05, 3.63) is 53.9 Å². The normalized spacial score (nSPS) is 15.9. The molecule has 156 valence electrons. The van der Waals surface area contributed by atoms with Crippen LogP contribution in [-0.4, -0.2) is 60.8 Å². The van der Waals surface area contributed by atoms with Gasteiger partial charge in [0.1, 0.15) is 11.5 Å². The molecule has 0 bridgehead atoms. The van der Waals surface area contributed by atoms with Crippen LogP contribution in [0.5, 0.6) is 11.5 Å². The van der Waals surface area contributed by atoms with E-state index < -0.39 is 0 Å². The molecular weight excluding hydrogens is 366 g/mol. The lowest BCUT2D eigenvalue weighted by Gasteiger charge is -2.32. The van der Waals surface area contributed by atoms with E-state index in [1.54, 1.807) is 20.2 Å². The fraction of sp³-hybridized carbons (Fsp3) is 0.455. The summed E-state index contributed by atoms with van der Waals surface area (Å²) >= 11 is 0. The quantitative estimate of drug-likeness (QED) is 0.491. The molecule has 7 heteroatoms. The molecule has 29 heavy (non-hydrogen) atoms. The summed E-state index contributed by atoms with van der Waals surface area (Å²) in [6.07, 6.45) is 4.71. The second-order valence-electron chi connectivity index (χ2n) is 7.26. The molecule has 1 aromatic heterocycles. The lowest BCUT2D eigenvalue weighted by molar-refractivity contribution is 0.196. The van der Waals surface area contributed by atoms with Crippen molar-refractivity contribution in [3.63, 3.8) is 0 Å². The topological polar surface area (TPSA) is 82.0 Å². The number of pyridine rings is 1. The molecule has 2 aromatic rings. The Kier molecular flexibility index (Phi) is 7.69. The summed E-state index contributed by atoms with van der Waals surface area (Å²) in [6.45, 7) is 3.69. The molecule has 7 nitrogen and oxygen atoms in total. The number of phenolic OH excluding ortho intramolecular Hbond substituents is 1. The number of aromatic nitrogens is 1. The first-order chi connectivity index (χ1) is 14.2. The molecule has 1 saturated heterocycles. The number of hydrogen-bond donors (Lipinski definition) is 3. The second kappa shape index (κ2) is 10.7. The van der Waals surface area contributed by atoms with E-state index in [9.17, 15) is 5.11 Å². The third-order valence-electron chi connectivity index (χ3n) is 5.24. The number of aliphatic imine (C=N–C) groups is 1. The number of nitrogens with zero attached hydrogens (tertiary/aromatic N) is 3. The van der Waals surface area contributed by atoms with E-state index in [1.165, 1.54) is 0 Å². The van der Waals surface area contributed by atoms with Crippen molar-refractivity contribution in [2.45, 2.75) is 31.8 Å². The van der Waals surface area contributed by atoms with Gasteiger partial charge in [-0.25, -0.2) is 0 Å². The monoisotopic (exact) mass is 397 g/mol. The lowest BCUT2D eigenvalue weighted by atomic mass is 10.0.